The summed E-state index contributed by atoms with van der Waals surface area (Å²) >= 11 is 6.50. The van der Waals surface area contributed by atoms with E-state index in [1.807, 2.05) is 25.1 Å². The third kappa shape index (κ3) is 4.72. The Hall–Kier alpha value is -3.07. The predicted octanol–water partition coefficient (Wildman–Crippen LogP) is 2.68. The number of ether oxygens (including phenoxy) is 2. The van der Waals surface area contributed by atoms with Crippen LogP contribution in [0.4, 0.5) is 0 Å². The average Bonchev–Trinajstić information content (AvgIpc) is 3.25. The van der Waals surface area contributed by atoms with E-state index in [1.165, 1.54) is 0 Å². The highest BCUT2D eigenvalue weighted by molar-refractivity contribution is 6.35. The van der Waals surface area contributed by atoms with Crippen LogP contribution in [0.25, 0.3) is 10.9 Å². The molecule has 0 saturated heterocycles. The first-order chi connectivity index (χ1) is 15.4. The number of benzene rings is 2. The van der Waals surface area contributed by atoms with Gasteiger partial charge in [0.05, 0.1) is 17.6 Å². The monoisotopic (exact) mass is 456 g/mol. The van der Waals surface area contributed by atoms with E-state index in [0.29, 0.717) is 39.5 Å². The summed E-state index contributed by atoms with van der Waals surface area (Å²) in [5, 5.41) is 18.2. The standard InChI is InChI=1S/C23H25ClN4O4/c1-28(2)9-8-25-12-20(29)27-21(14-5-6-18-19(10-14)32-13-31-18)16-11-17(24)15-4-3-7-26-22(15)23(16)30/h3-7,10-11,21,25,30H,8-9,12-13H2,1-2H3,(H,27,29). The summed E-state index contributed by atoms with van der Waals surface area (Å²) in [6, 6.07) is 9.94. The van der Waals surface area contributed by atoms with Crippen molar-refractivity contribution in [2.45, 2.75) is 6.04 Å². The summed E-state index contributed by atoms with van der Waals surface area (Å²) in [7, 11) is 3.94. The van der Waals surface area contributed by atoms with Crippen LogP contribution < -0.4 is 20.1 Å². The molecule has 1 unspecified atom stereocenters. The molecule has 0 aliphatic carbocycles. The molecule has 0 radical (unpaired) electrons. The molecule has 3 aromatic rings. The Morgan fingerprint density at radius 2 is 2.06 bits per heavy atom. The molecule has 168 valence electrons. The number of nitrogens with zero attached hydrogens (tertiary/aromatic N) is 2. The molecule has 1 amide bonds. The largest absolute Gasteiger partial charge is 0.505 e. The molecule has 0 bridgehead atoms. The third-order valence-corrected chi connectivity index (χ3v) is 5.53. The van der Waals surface area contributed by atoms with Gasteiger partial charge in [-0.25, -0.2) is 0 Å². The van der Waals surface area contributed by atoms with E-state index in [2.05, 4.69) is 15.6 Å². The summed E-state index contributed by atoms with van der Waals surface area (Å²) in [6.45, 7) is 1.76. The molecule has 1 aromatic heterocycles. The Labute approximate surface area is 191 Å². The van der Waals surface area contributed by atoms with Crippen LogP contribution in [0.3, 0.4) is 0 Å². The molecule has 0 spiro atoms. The highest BCUT2D eigenvalue weighted by Gasteiger charge is 2.25. The van der Waals surface area contributed by atoms with E-state index in [4.69, 9.17) is 21.1 Å². The fourth-order valence-electron chi connectivity index (χ4n) is 3.58. The first kappa shape index (κ1) is 22.1. The Balaban J connectivity index is 1.68. The number of amides is 1. The van der Waals surface area contributed by atoms with Crippen LogP contribution in [0.2, 0.25) is 5.02 Å². The van der Waals surface area contributed by atoms with Crippen molar-refractivity contribution in [3.8, 4) is 17.2 Å². The molecule has 1 aliphatic rings. The van der Waals surface area contributed by atoms with Gasteiger partial charge in [-0.05, 0) is 50.0 Å². The quantitative estimate of drug-likeness (QED) is 0.448. The van der Waals surface area contributed by atoms with E-state index >= 15 is 0 Å². The molecular weight excluding hydrogens is 432 g/mol. The minimum Gasteiger partial charge on any atom is -0.505 e. The van der Waals surface area contributed by atoms with Gasteiger partial charge >= 0.3 is 0 Å². The summed E-state index contributed by atoms with van der Waals surface area (Å²) in [5.41, 5.74) is 1.54. The first-order valence-corrected chi connectivity index (χ1v) is 10.6. The number of phenolic OH excluding ortho intramolecular Hbond substituents is 1. The lowest BCUT2D eigenvalue weighted by molar-refractivity contribution is -0.120. The number of fused-ring (bicyclic) bond motifs is 2. The summed E-state index contributed by atoms with van der Waals surface area (Å²) in [5.74, 6) is 0.957. The van der Waals surface area contributed by atoms with Crippen molar-refractivity contribution >= 4 is 28.4 Å². The predicted molar refractivity (Wildman–Crippen MR) is 122 cm³/mol. The summed E-state index contributed by atoms with van der Waals surface area (Å²) < 4.78 is 10.9. The van der Waals surface area contributed by atoms with Crippen molar-refractivity contribution in [3.63, 3.8) is 0 Å². The van der Waals surface area contributed by atoms with Gasteiger partial charge in [0.1, 0.15) is 11.3 Å². The zero-order chi connectivity index (χ0) is 22.7. The van der Waals surface area contributed by atoms with Crippen LogP contribution in [-0.4, -0.2) is 61.4 Å². The second-order valence-electron chi connectivity index (χ2n) is 7.79. The highest BCUT2D eigenvalue weighted by atomic mass is 35.5. The van der Waals surface area contributed by atoms with Gasteiger partial charge in [-0.2, -0.15) is 0 Å². The van der Waals surface area contributed by atoms with Crippen LogP contribution in [0, 0.1) is 0 Å². The number of pyridine rings is 1. The van der Waals surface area contributed by atoms with Gasteiger partial charge in [-0.15, -0.1) is 0 Å². The highest BCUT2D eigenvalue weighted by Crippen LogP contribution is 2.41. The average molecular weight is 457 g/mol. The lowest BCUT2D eigenvalue weighted by Crippen LogP contribution is -2.38. The Bertz CT molecular complexity index is 1140. The maximum atomic E-state index is 12.8. The van der Waals surface area contributed by atoms with Crippen molar-refractivity contribution in [1.82, 2.24) is 20.5 Å². The molecule has 0 saturated carbocycles. The van der Waals surface area contributed by atoms with Crippen molar-refractivity contribution in [1.29, 1.82) is 0 Å². The van der Waals surface area contributed by atoms with E-state index in [0.717, 1.165) is 12.1 Å². The Morgan fingerprint density at radius 1 is 1.25 bits per heavy atom. The fourth-order valence-corrected chi connectivity index (χ4v) is 3.85. The zero-order valence-electron chi connectivity index (χ0n) is 17.9. The number of nitrogens with one attached hydrogen (secondary N) is 2. The first-order valence-electron chi connectivity index (χ1n) is 10.2. The molecule has 0 fully saturated rings. The van der Waals surface area contributed by atoms with Gasteiger partial charge < -0.3 is 30.1 Å². The van der Waals surface area contributed by atoms with Crippen LogP contribution in [0.5, 0.6) is 17.2 Å². The van der Waals surface area contributed by atoms with Gasteiger partial charge in [0, 0.05) is 30.2 Å². The molecule has 3 N–H and O–H groups in total. The summed E-state index contributed by atoms with van der Waals surface area (Å²) in [6.07, 6.45) is 1.59. The van der Waals surface area contributed by atoms with E-state index < -0.39 is 6.04 Å². The molecule has 4 rings (SSSR count). The van der Waals surface area contributed by atoms with Crippen LogP contribution in [0.15, 0.2) is 42.6 Å². The van der Waals surface area contributed by atoms with Crippen molar-refractivity contribution < 1.29 is 19.4 Å². The van der Waals surface area contributed by atoms with E-state index in [9.17, 15) is 9.90 Å². The number of aromatic nitrogens is 1. The number of halogens is 1. The van der Waals surface area contributed by atoms with Gasteiger partial charge in [0.25, 0.3) is 0 Å². The normalized spacial score (nSPS) is 13.5. The van der Waals surface area contributed by atoms with E-state index in [1.54, 1.807) is 36.5 Å². The van der Waals surface area contributed by atoms with Crippen molar-refractivity contribution in [2.75, 3.05) is 40.5 Å². The second kappa shape index (κ2) is 9.60. The van der Waals surface area contributed by atoms with Crippen LogP contribution in [-0.2, 0) is 4.79 Å². The zero-order valence-corrected chi connectivity index (χ0v) is 18.6. The smallest absolute Gasteiger partial charge is 0.234 e. The van der Waals surface area contributed by atoms with Crippen LogP contribution >= 0.6 is 11.6 Å². The van der Waals surface area contributed by atoms with E-state index in [-0.39, 0.29) is 25.0 Å². The maximum Gasteiger partial charge on any atom is 0.234 e. The molecule has 2 aromatic carbocycles. The number of aromatic hydroxyl groups is 1. The van der Waals surface area contributed by atoms with Gasteiger partial charge in [0.2, 0.25) is 12.7 Å². The maximum absolute atomic E-state index is 12.8. The second-order valence-corrected chi connectivity index (χ2v) is 8.20. The number of rotatable bonds is 8. The molecule has 1 aliphatic heterocycles. The molecule has 8 nitrogen and oxygen atoms in total. The van der Waals surface area contributed by atoms with Crippen molar-refractivity contribution in [2.24, 2.45) is 0 Å². The number of hydrogen-bond acceptors (Lipinski definition) is 7. The Kier molecular flexibility index (Phi) is 6.64. The summed E-state index contributed by atoms with van der Waals surface area (Å²) in [4.78, 5) is 19.1. The fraction of sp³-hybridized carbons (Fsp3) is 0.304. The molecule has 32 heavy (non-hydrogen) atoms. The number of carbonyl (C=O) groups excluding carboxylic acids is 1. The Morgan fingerprint density at radius 3 is 2.88 bits per heavy atom. The molecule has 9 heteroatoms. The van der Waals surface area contributed by atoms with Gasteiger partial charge in [-0.3, -0.25) is 9.78 Å². The topological polar surface area (TPSA) is 96.0 Å². The SMILES string of the molecule is CN(C)CCNCC(=O)NC(c1ccc2c(c1)OCO2)c1cc(Cl)c2cccnc2c1O. The lowest BCUT2D eigenvalue weighted by atomic mass is 9.95. The lowest BCUT2D eigenvalue weighted by Gasteiger charge is -2.22. The number of carbonyl (C=O) groups is 1. The van der Waals surface area contributed by atoms with Gasteiger partial charge in [-0.1, -0.05) is 17.7 Å². The van der Waals surface area contributed by atoms with Crippen LogP contribution in [0.1, 0.15) is 17.2 Å². The number of hydrogen-bond donors (Lipinski definition) is 3. The number of phenols is 1. The van der Waals surface area contributed by atoms with Gasteiger partial charge in [0.15, 0.2) is 11.5 Å². The minimum absolute atomic E-state index is 0.0338. The van der Waals surface area contributed by atoms with Crippen molar-refractivity contribution in [3.05, 3.63) is 58.7 Å². The molecule has 2 heterocycles. The molecule has 1 atom stereocenters. The third-order valence-electron chi connectivity index (χ3n) is 5.21. The number of likely N-dealkylation sites (N-methyl/N-ethyl adjacent to an activating group) is 1. The molecular formula is C23H25ClN4O4. The minimum atomic E-state index is -0.670.